The van der Waals surface area contributed by atoms with Crippen molar-refractivity contribution in [2.75, 3.05) is 0 Å². The first kappa shape index (κ1) is 24.9. The second-order valence-corrected chi connectivity index (χ2v) is 17.8. The Kier molecular flexibility index (Phi) is 9.38. The monoisotopic (exact) mass is 488 g/mol. The number of hydrogen-bond donors (Lipinski definition) is 0. The van der Waals surface area contributed by atoms with Crippen LogP contribution in [-0.2, 0) is 23.3 Å². The van der Waals surface area contributed by atoms with Crippen LogP contribution in [0.3, 0.4) is 0 Å². The maximum Gasteiger partial charge on any atom is -0.0487 e. The van der Waals surface area contributed by atoms with E-state index in [4.69, 9.17) is 0 Å². The maximum atomic E-state index is 3.36. The Morgan fingerprint density at radius 1 is 0.900 bits per heavy atom. The molecule has 0 spiro atoms. The van der Waals surface area contributed by atoms with Crippen molar-refractivity contribution in [3.63, 3.8) is 0 Å². The Morgan fingerprint density at radius 2 is 1.47 bits per heavy atom. The minimum absolute atomic E-state index is 0.210. The molecule has 4 rings (SSSR count). The molecule has 0 N–H and O–H groups in total. The third-order valence-corrected chi connectivity index (χ3v) is 5.68. The van der Waals surface area contributed by atoms with Crippen molar-refractivity contribution >= 4 is 16.2 Å². The normalized spacial score (nSPS) is 15.3. The van der Waals surface area contributed by atoms with Crippen molar-refractivity contribution in [3.8, 4) is 11.1 Å². The zero-order chi connectivity index (χ0) is 22.4. The molecule has 3 aromatic rings. The molecule has 1 aliphatic carbocycles. The third kappa shape index (κ3) is 6.32. The molecule has 154 valence electrons. The first-order valence-corrected chi connectivity index (χ1v) is 16.8. The van der Waals surface area contributed by atoms with Gasteiger partial charge in [-0.05, 0) is 6.92 Å². The molecule has 0 radical (unpaired) electrons. The van der Waals surface area contributed by atoms with Crippen molar-refractivity contribution in [3.05, 3.63) is 88.5 Å². The molecule has 1 unspecified atom stereocenters. The van der Waals surface area contributed by atoms with Gasteiger partial charge in [-0.2, -0.15) is 11.1 Å². The Bertz CT molecular complexity index is 1080. The predicted molar refractivity (Wildman–Crippen MR) is 132 cm³/mol. The van der Waals surface area contributed by atoms with Crippen molar-refractivity contribution in [2.45, 2.75) is 54.6 Å². The molecular formula is C28H34SiZr. The van der Waals surface area contributed by atoms with Crippen LogP contribution < -0.4 is 0 Å². The number of rotatable bonds is 1. The first-order valence-electron chi connectivity index (χ1n) is 10.6. The molecule has 30 heavy (non-hydrogen) atoms. The van der Waals surface area contributed by atoms with E-state index in [1.165, 1.54) is 49.7 Å². The summed E-state index contributed by atoms with van der Waals surface area (Å²) < 4.78 is 0. The van der Waals surface area contributed by atoms with Crippen LogP contribution in [0.4, 0.5) is 0 Å². The number of hydrogen-bond acceptors (Lipinski definition) is 0. The quantitative estimate of drug-likeness (QED) is 0.238. The number of fused-ring (bicyclic) bond motifs is 1. The van der Waals surface area contributed by atoms with Gasteiger partial charge in [0.25, 0.3) is 0 Å². The summed E-state index contributed by atoms with van der Waals surface area (Å²) in [5, 5.41) is 2.78. The Morgan fingerprint density at radius 3 is 1.93 bits per heavy atom. The molecule has 0 aliphatic heterocycles. The van der Waals surface area contributed by atoms with Crippen LogP contribution >= 0.6 is 0 Å². The number of benzene rings is 2. The SMILES string of the molecule is CC1=[C-]C(C)C(C)=C1C.C[Si](C)=[Zr+2].Cc1ccc(C)c2c(-c3ccccc3)c[cH-]c12. The van der Waals surface area contributed by atoms with Crippen LogP contribution in [-0.4, -0.2) is 5.43 Å². The molecule has 0 fully saturated rings. The summed E-state index contributed by atoms with van der Waals surface area (Å²) in [6, 6.07) is 19.5. The summed E-state index contributed by atoms with van der Waals surface area (Å²) in [7, 11) is 0. The van der Waals surface area contributed by atoms with E-state index >= 15 is 0 Å². The van der Waals surface area contributed by atoms with Crippen LogP contribution in [0.5, 0.6) is 0 Å². The number of allylic oxidation sites excluding steroid dienone is 4. The molecule has 0 aromatic heterocycles. The molecule has 0 bridgehead atoms. The minimum Gasteiger partial charge on any atom is -0.146 e. The summed E-state index contributed by atoms with van der Waals surface area (Å²) in [4.78, 5) is 0. The van der Waals surface area contributed by atoms with Gasteiger partial charge >= 0.3 is 41.9 Å². The van der Waals surface area contributed by atoms with Crippen LogP contribution in [0.25, 0.3) is 21.9 Å². The smallest absolute Gasteiger partial charge is 0.0487 e. The van der Waals surface area contributed by atoms with Gasteiger partial charge in [-0.3, -0.25) is 6.08 Å². The van der Waals surface area contributed by atoms with Gasteiger partial charge in [-0.1, -0.05) is 81.1 Å². The van der Waals surface area contributed by atoms with Crippen molar-refractivity contribution < 1.29 is 23.3 Å². The van der Waals surface area contributed by atoms with Crippen molar-refractivity contribution in [1.29, 1.82) is 0 Å². The molecule has 1 atom stereocenters. The Labute approximate surface area is 198 Å². The fourth-order valence-corrected chi connectivity index (χ4v) is 3.68. The van der Waals surface area contributed by atoms with Gasteiger partial charge in [0.15, 0.2) is 0 Å². The van der Waals surface area contributed by atoms with E-state index in [2.05, 4.69) is 115 Å². The zero-order valence-electron chi connectivity index (χ0n) is 19.8. The average Bonchev–Trinajstić information content (AvgIpc) is 3.25. The molecule has 1 aliphatic rings. The van der Waals surface area contributed by atoms with Gasteiger partial charge in [0.2, 0.25) is 0 Å². The van der Waals surface area contributed by atoms with E-state index < -0.39 is 0 Å². The molecule has 2 heteroatoms. The van der Waals surface area contributed by atoms with Gasteiger partial charge in [-0.25, -0.2) is 5.57 Å². The topological polar surface area (TPSA) is 0 Å². The zero-order valence-corrected chi connectivity index (χ0v) is 23.2. The van der Waals surface area contributed by atoms with Crippen LogP contribution in [0, 0.1) is 25.8 Å². The minimum atomic E-state index is 0.210. The fourth-order valence-electron chi connectivity index (χ4n) is 3.68. The third-order valence-electron chi connectivity index (χ3n) is 5.68. The molecule has 3 aromatic carbocycles. The van der Waals surface area contributed by atoms with Gasteiger partial charge < -0.3 is 0 Å². The van der Waals surface area contributed by atoms with Crippen LogP contribution in [0.2, 0.25) is 13.1 Å². The largest absolute Gasteiger partial charge is 0.146 e. The second kappa shape index (κ2) is 11.3. The molecule has 0 saturated carbocycles. The number of aryl methyl sites for hydroxylation is 2. The molecule has 0 saturated heterocycles. The predicted octanol–water partition coefficient (Wildman–Crippen LogP) is 8.35. The van der Waals surface area contributed by atoms with Gasteiger partial charge in [0.05, 0.1) is 0 Å². The summed E-state index contributed by atoms with van der Waals surface area (Å²) in [6.45, 7) is 17.7. The first-order chi connectivity index (χ1) is 14.1. The molecule has 0 amide bonds. The molecular weight excluding hydrogens is 456 g/mol. The summed E-state index contributed by atoms with van der Waals surface area (Å²) in [5.41, 5.74) is 9.82. The van der Waals surface area contributed by atoms with Crippen LogP contribution in [0.1, 0.15) is 38.8 Å². The summed E-state index contributed by atoms with van der Waals surface area (Å²) in [6.07, 6.45) is 3.36. The van der Waals surface area contributed by atoms with Crippen molar-refractivity contribution in [1.82, 2.24) is 0 Å². The van der Waals surface area contributed by atoms with Gasteiger partial charge in [0.1, 0.15) is 0 Å². The Balaban J connectivity index is 0.000000207. The van der Waals surface area contributed by atoms with Gasteiger partial charge in [-0.15, -0.1) is 47.0 Å². The van der Waals surface area contributed by atoms with E-state index in [1.54, 1.807) is 23.3 Å². The van der Waals surface area contributed by atoms with E-state index in [1.807, 2.05) is 0 Å². The van der Waals surface area contributed by atoms with E-state index in [-0.39, 0.29) is 5.43 Å². The summed E-state index contributed by atoms with van der Waals surface area (Å²) >= 11 is 1.74. The molecule has 0 heterocycles. The Hall–Kier alpha value is -1.37. The standard InChI is InChI=1S/C17H15.C9H13.C2H6Si.Zr/c1-12-8-9-13(2)17-15(12)10-11-16(17)14-6-4-3-5-7-14;1-6-5-7(2)9(4)8(6)3;1-3-2;/h3-11H,1-2H3;6H,1-4H3;1-2H3;/q2*-1;;+2. The van der Waals surface area contributed by atoms with E-state index in [0.29, 0.717) is 5.92 Å². The maximum absolute atomic E-state index is 3.36. The molecule has 0 nitrogen and oxygen atoms in total. The van der Waals surface area contributed by atoms with E-state index in [0.717, 1.165) is 0 Å². The summed E-state index contributed by atoms with van der Waals surface area (Å²) in [5.74, 6) is 0.560. The average molecular weight is 490 g/mol. The van der Waals surface area contributed by atoms with Gasteiger partial charge in [0, 0.05) is 0 Å². The second-order valence-electron chi connectivity index (χ2n) is 8.40. The fraction of sp³-hybridized carbons (Fsp3) is 0.321. The van der Waals surface area contributed by atoms with Crippen molar-refractivity contribution in [2.24, 2.45) is 5.92 Å². The van der Waals surface area contributed by atoms with Crippen LogP contribution in [0.15, 0.2) is 71.3 Å². The van der Waals surface area contributed by atoms with E-state index in [9.17, 15) is 0 Å².